The largest absolute Gasteiger partial charge is 0.327 e. The van der Waals surface area contributed by atoms with Crippen LogP contribution in [0.25, 0.3) is 22.8 Å². The molecule has 6 rings (SSSR count). The van der Waals surface area contributed by atoms with Gasteiger partial charge in [-0.3, -0.25) is 9.48 Å². The first-order valence-corrected chi connectivity index (χ1v) is 11.7. The smallest absolute Gasteiger partial charge is 0.272 e. The molecular formula is C28H26N6O. The number of benzene rings is 2. The molecular weight excluding hydrogens is 436 g/mol. The summed E-state index contributed by atoms with van der Waals surface area (Å²) in [5.74, 6) is 0.926. The van der Waals surface area contributed by atoms with Crippen molar-refractivity contribution in [2.75, 3.05) is 0 Å². The van der Waals surface area contributed by atoms with Gasteiger partial charge in [0.15, 0.2) is 0 Å². The fourth-order valence-electron chi connectivity index (χ4n) is 4.70. The number of aromatic nitrogens is 5. The summed E-state index contributed by atoms with van der Waals surface area (Å²) in [6.07, 6.45) is 4.04. The highest BCUT2D eigenvalue weighted by Crippen LogP contribution is 2.32. The summed E-state index contributed by atoms with van der Waals surface area (Å²) in [4.78, 5) is 15.4. The lowest BCUT2D eigenvalue weighted by Gasteiger charge is -2.17. The molecule has 5 aromatic rings. The Morgan fingerprint density at radius 1 is 0.857 bits per heavy atom. The SMILES string of the molecule is Cc1ccc(-n2nc3c(c2-n2cccc2)CN(C(=O)c2cc(-c4ccccc4)nn2C)C3)cc1C. The molecule has 0 N–H and O–H groups in total. The van der Waals surface area contributed by atoms with Crippen molar-refractivity contribution in [1.29, 1.82) is 0 Å². The summed E-state index contributed by atoms with van der Waals surface area (Å²) in [6, 6.07) is 22.2. The maximum Gasteiger partial charge on any atom is 0.272 e. The molecule has 0 atom stereocenters. The minimum atomic E-state index is -0.0450. The first kappa shape index (κ1) is 21.2. The van der Waals surface area contributed by atoms with Crippen LogP contribution in [0.5, 0.6) is 0 Å². The van der Waals surface area contributed by atoms with Crippen molar-refractivity contribution in [1.82, 2.24) is 29.0 Å². The highest BCUT2D eigenvalue weighted by Gasteiger charge is 2.33. The van der Waals surface area contributed by atoms with Crippen LogP contribution >= 0.6 is 0 Å². The average Bonchev–Trinajstić information content (AvgIpc) is 3.64. The zero-order valence-electron chi connectivity index (χ0n) is 20.0. The molecule has 35 heavy (non-hydrogen) atoms. The van der Waals surface area contributed by atoms with E-state index in [4.69, 9.17) is 5.10 Å². The van der Waals surface area contributed by atoms with Crippen LogP contribution in [0.2, 0.25) is 0 Å². The van der Waals surface area contributed by atoms with E-state index in [0.717, 1.165) is 34.0 Å². The quantitative estimate of drug-likeness (QED) is 0.384. The van der Waals surface area contributed by atoms with Crippen LogP contribution in [-0.2, 0) is 20.1 Å². The topological polar surface area (TPSA) is 60.9 Å². The van der Waals surface area contributed by atoms with Crippen molar-refractivity contribution in [3.05, 3.63) is 107 Å². The third-order valence-corrected chi connectivity index (χ3v) is 6.77. The second-order valence-electron chi connectivity index (χ2n) is 9.09. The van der Waals surface area contributed by atoms with E-state index in [9.17, 15) is 4.79 Å². The number of nitrogens with zero attached hydrogens (tertiary/aromatic N) is 6. The highest BCUT2D eigenvalue weighted by atomic mass is 16.2. The van der Waals surface area contributed by atoms with Gasteiger partial charge in [-0.05, 0) is 55.3 Å². The molecule has 0 aliphatic carbocycles. The zero-order chi connectivity index (χ0) is 24.1. The van der Waals surface area contributed by atoms with Crippen LogP contribution in [0.15, 0.2) is 79.1 Å². The van der Waals surface area contributed by atoms with Crippen molar-refractivity contribution in [3.8, 4) is 22.8 Å². The fraction of sp³-hybridized carbons (Fsp3) is 0.179. The van der Waals surface area contributed by atoms with Gasteiger partial charge in [0.1, 0.15) is 11.5 Å². The Bertz CT molecular complexity index is 1540. The molecule has 1 aliphatic heterocycles. The molecule has 174 valence electrons. The third-order valence-electron chi connectivity index (χ3n) is 6.77. The van der Waals surface area contributed by atoms with E-state index in [1.807, 2.05) is 77.6 Å². The van der Waals surface area contributed by atoms with Crippen LogP contribution < -0.4 is 0 Å². The molecule has 0 radical (unpaired) electrons. The molecule has 1 amide bonds. The number of rotatable bonds is 4. The number of carbonyl (C=O) groups excluding carboxylic acids is 1. The maximum atomic E-state index is 13.5. The second-order valence-corrected chi connectivity index (χ2v) is 9.09. The summed E-state index contributed by atoms with van der Waals surface area (Å²) < 4.78 is 5.74. The first-order valence-electron chi connectivity index (χ1n) is 11.7. The second kappa shape index (κ2) is 8.13. The van der Waals surface area contributed by atoms with Crippen molar-refractivity contribution >= 4 is 5.91 Å². The monoisotopic (exact) mass is 462 g/mol. The minimum Gasteiger partial charge on any atom is -0.327 e. The minimum absolute atomic E-state index is 0.0450. The molecule has 7 heteroatoms. The normalized spacial score (nSPS) is 12.8. The van der Waals surface area contributed by atoms with E-state index < -0.39 is 0 Å². The van der Waals surface area contributed by atoms with Gasteiger partial charge in [-0.25, -0.2) is 4.68 Å². The molecule has 0 bridgehead atoms. The average molecular weight is 463 g/mol. The molecule has 3 aromatic heterocycles. The van der Waals surface area contributed by atoms with E-state index in [0.29, 0.717) is 18.8 Å². The predicted octanol–water partition coefficient (Wildman–Crippen LogP) is 4.84. The Kier molecular flexibility index (Phi) is 4.91. The number of fused-ring (bicyclic) bond motifs is 1. The number of carbonyl (C=O) groups is 1. The summed E-state index contributed by atoms with van der Waals surface area (Å²) in [5, 5.41) is 9.55. The van der Waals surface area contributed by atoms with Crippen LogP contribution in [0.1, 0.15) is 32.9 Å². The lowest BCUT2D eigenvalue weighted by atomic mass is 10.1. The number of hydrogen-bond donors (Lipinski definition) is 0. The molecule has 0 fully saturated rings. The molecule has 4 heterocycles. The first-order chi connectivity index (χ1) is 17.0. The Hall–Kier alpha value is -4.39. The van der Waals surface area contributed by atoms with Crippen molar-refractivity contribution < 1.29 is 4.79 Å². The van der Waals surface area contributed by atoms with Crippen LogP contribution in [0.3, 0.4) is 0 Å². The zero-order valence-corrected chi connectivity index (χ0v) is 20.0. The van der Waals surface area contributed by atoms with E-state index in [-0.39, 0.29) is 5.91 Å². The van der Waals surface area contributed by atoms with Crippen molar-refractivity contribution in [2.45, 2.75) is 26.9 Å². The van der Waals surface area contributed by atoms with Gasteiger partial charge in [0, 0.05) is 30.6 Å². The van der Waals surface area contributed by atoms with Gasteiger partial charge in [0.2, 0.25) is 0 Å². The van der Waals surface area contributed by atoms with Crippen molar-refractivity contribution in [3.63, 3.8) is 0 Å². The van der Waals surface area contributed by atoms with Gasteiger partial charge in [-0.15, -0.1) is 0 Å². The Morgan fingerprint density at radius 2 is 1.63 bits per heavy atom. The van der Waals surface area contributed by atoms with Gasteiger partial charge >= 0.3 is 0 Å². The van der Waals surface area contributed by atoms with E-state index in [1.165, 1.54) is 11.1 Å². The van der Waals surface area contributed by atoms with E-state index in [1.54, 1.807) is 4.68 Å². The van der Waals surface area contributed by atoms with Gasteiger partial charge in [-0.2, -0.15) is 10.2 Å². The Labute approximate surface area is 203 Å². The van der Waals surface area contributed by atoms with Crippen LogP contribution in [-0.4, -0.2) is 34.9 Å². The standard InChI is InChI=1S/C28H26N6O/c1-19-11-12-22(15-20(19)2)34-27(32-13-7-8-14-32)23-17-33(18-25(23)30-34)28(35)26-16-24(29-31(26)3)21-9-5-4-6-10-21/h4-16H,17-18H2,1-3H3. The lowest BCUT2D eigenvalue weighted by molar-refractivity contribution is 0.0738. The lowest BCUT2D eigenvalue weighted by Crippen LogP contribution is -2.28. The van der Waals surface area contributed by atoms with Crippen molar-refractivity contribution in [2.24, 2.45) is 7.05 Å². The molecule has 0 saturated heterocycles. The molecule has 7 nitrogen and oxygen atoms in total. The molecule has 0 spiro atoms. The summed E-state index contributed by atoms with van der Waals surface area (Å²) >= 11 is 0. The summed E-state index contributed by atoms with van der Waals surface area (Å²) in [7, 11) is 1.82. The number of hydrogen-bond acceptors (Lipinski definition) is 3. The fourth-order valence-corrected chi connectivity index (χ4v) is 4.70. The summed E-state index contributed by atoms with van der Waals surface area (Å²) in [5.41, 5.74) is 7.83. The van der Waals surface area contributed by atoms with Gasteiger partial charge in [0.05, 0.1) is 30.2 Å². The maximum absolute atomic E-state index is 13.5. The molecule has 0 unspecified atom stereocenters. The number of aryl methyl sites for hydroxylation is 3. The van der Waals surface area contributed by atoms with Gasteiger partial charge in [0.25, 0.3) is 5.91 Å². The molecule has 2 aromatic carbocycles. The highest BCUT2D eigenvalue weighted by molar-refractivity contribution is 5.94. The van der Waals surface area contributed by atoms with Crippen LogP contribution in [0.4, 0.5) is 0 Å². The molecule has 0 saturated carbocycles. The third kappa shape index (κ3) is 3.56. The molecule has 1 aliphatic rings. The summed E-state index contributed by atoms with van der Waals surface area (Å²) in [6.45, 7) is 5.19. The van der Waals surface area contributed by atoms with E-state index in [2.05, 4.69) is 41.7 Å². The van der Waals surface area contributed by atoms with E-state index >= 15 is 0 Å². The van der Waals surface area contributed by atoms with Gasteiger partial charge < -0.3 is 9.47 Å². The Morgan fingerprint density at radius 3 is 2.37 bits per heavy atom. The predicted molar refractivity (Wildman–Crippen MR) is 135 cm³/mol. The number of amides is 1. The van der Waals surface area contributed by atoms with Crippen LogP contribution in [0, 0.1) is 13.8 Å². The van der Waals surface area contributed by atoms with Gasteiger partial charge in [-0.1, -0.05) is 36.4 Å². The Balaban J connectivity index is 1.35.